The number of carbonyl (C=O) groups excluding carboxylic acids is 1. The number of aliphatic hydroxyl groups is 1. The average Bonchev–Trinajstić information content (AvgIpc) is 2.93. The lowest BCUT2D eigenvalue weighted by atomic mass is 9.93. The molecule has 2 unspecified atom stereocenters. The van der Waals surface area contributed by atoms with Crippen LogP contribution in [0.5, 0.6) is 0 Å². The van der Waals surface area contributed by atoms with Crippen LogP contribution in [-0.4, -0.2) is 50.7 Å². The lowest BCUT2D eigenvalue weighted by Gasteiger charge is -2.33. The van der Waals surface area contributed by atoms with Crippen LogP contribution in [-0.2, 0) is 0 Å². The lowest BCUT2D eigenvalue weighted by Crippen LogP contribution is -2.43. The van der Waals surface area contributed by atoms with Crippen LogP contribution in [0.25, 0.3) is 5.52 Å². The largest absolute Gasteiger partial charge is 0.393 e. The van der Waals surface area contributed by atoms with Crippen molar-refractivity contribution in [3.8, 4) is 0 Å². The number of fused-ring (bicyclic) bond motifs is 1. The molecule has 1 amide bonds. The van der Waals surface area contributed by atoms with Crippen molar-refractivity contribution in [3.05, 3.63) is 30.1 Å². The van der Waals surface area contributed by atoms with Crippen LogP contribution in [0.3, 0.4) is 0 Å². The number of piperidine rings is 1. The smallest absolute Gasteiger partial charge is 0.274 e. The van der Waals surface area contributed by atoms with E-state index >= 15 is 0 Å². The predicted octanol–water partition coefficient (Wildman–Crippen LogP) is 2.29. The van der Waals surface area contributed by atoms with Gasteiger partial charge in [-0.15, -0.1) is 0 Å². The van der Waals surface area contributed by atoms with Crippen LogP contribution in [0.1, 0.15) is 30.3 Å². The van der Waals surface area contributed by atoms with Crippen LogP contribution in [0, 0.1) is 5.92 Å². The van der Waals surface area contributed by atoms with E-state index in [0.717, 1.165) is 30.1 Å². The number of rotatable bonds is 3. The summed E-state index contributed by atoms with van der Waals surface area (Å²) in [5.74, 6) is 0.126. The number of pyridine rings is 1. The maximum Gasteiger partial charge on any atom is 0.274 e. The third kappa shape index (κ3) is 2.73. The van der Waals surface area contributed by atoms with Crippen molar-refractivity contribution < 1.29 is 9.90 Å². The van der Waals surface area contributed by atoms with Gasteiger partial charge in [0.15, 0.2) is 10.9 Å². The molecule has 3 heterocycles. The number of likely N-dealkylation sites (tertiary alicyclic amines) is 1. The van der Waals surface area contributed by atoms with Gasteiger partial charge in [-0.05, 0) is 38.2 Å². The Bertz CT molecular complexity index is 683. The normalized spacial score (nSPS) is 20.3. The molecule has 3 rings (SSSR count). The zero-order chi connectivity index (χ0) is 15.7. The van der Waals surface area contributed by atoms with Crippen molar-refractivity contribution in [2.75, 3.05) is 19.3 Å². The number of amides is 1. The number of hydrogen-bond donors (Lipinski definition) is 1. The standard InChI is InChI=1S/C16H21N3O2S/c1-11(20)12-6-5-8-18(10-12)15(21)14-13-7-3-4-9-19(13)16(17-14)22-2/h3-4,7,9,11-12,20H,5-6,8,10H2,1-2H3. The summed E-state index contributed by atoms with van der Waals surface area (Å²) in [7, 11) is 0. The van der Waals surface area contributed by atoms with Crippen molar-refractivity contribution >= 4 is 23.2 Å². The van der Waals surface area contributed by atoms with E-state index in [1.165, 1.54) is 11.8 Å². The van der Waals surface area contributed by atoms with Gasteiger partial charge in [0.1, 0.15) is 0 Å². The highest BCUT2D eigenvalue weighted by Gasteiger charge is 2.29. The molecule has 6 heteroatoms. The molecule has 0 aliphatic carbocycles. The molecule has 5 nitrogen and oxygen atoms in total. The van der Waals surface area contributed by atoms with Gasteiger partial charge in [0.05, 0.1) is 11.6 Å². The zero-order valence-corrected chi connectivity index (χ0v) is 13.7. The third-order valence-corrected chi connectivity index (χ3v) is 4.98. The van der Waals surface area contributed by atoms with Gasteiger partial charge >= 0.3 is 0 Å². The van der Waals surface area contributed by atoms with E-state index in [1.54, 1.807) is 6.92 Å². The van der Waals surface area contributed by atoms with Crippen LogP contribution in [0.15, 0.2) is 29.6 Å². The van der Waals surface area contributed by atoms with E-state index in [0.29, 0.717) is 12.2 Å². The Morgan fingerprint density at radius 1 is 1.50 bits per heavy atom. The first-order valence-corrected chi connectivity index (χ1v) is 8.82. The first-order valence-electron chi connectivity index (χ1n) is 7.60. The van der Waals surface area contributed by atoms with Gasteiger partial charge in [0.25, 0.3) is 5.91 Å². The second kappa shape index (κ2) is 6.30. The first kappa shape index (κ1) is 15.4. The Balaban J connectivity index is 1.92. The van der Waals surface area contributed by atoms with Crippen molar-refractivity contribution in [2.45, 2.75) is 31.0 Å². The van der Waals surface area contributed by atoms with Crippen molar-refractivity contribution in [1.29, 1.82) is 0 Å². The number of imidazole rings is 1. The summed E-state index contributed by atoms with van der Waals surface area (Å²) < 4.78 is 1.95. The van der Waals surface area contributed by atoms with E-state index in [-0.39, 0.29) is 17.9 Å². The molecule has 0 bridgehead atoms. The maximum atomic E-state index is 12.9. The molecule has 22 heavy (non-hydrogen) atoms. The van der Waals surface area contributed by atoms with Gasteiger partial charge < -0.3 is 10.0 Å². The number of hydrogen-bond acceptors (Lipinski definition) is 4. The van der Waals surface area contributed by atoms with Crippen molar-refractivity contribution in [3.63, 3.8) is 0 Å². The quantitative estimate of drug-likeness (QED) is 0.882. The highest BCUT2D eigenvalue weighted by Crippen LogP contribution is 2.24. The van der Waals surface area contributed by atoms with Gasteiger partial charge in [0.2, 0.25) is 0 Å². The molecule has 1 N–H and O–H groups in total. The summed E-state index contributed by atoms with van der Waals surface area (Å²) in [5.41, 5.74) is 1.35. The van der Waals surface area contributed by atoms with Crippen LogP contribution in [0.4, 0.5) is 0 Å². The lowest BCUT2D eigenvalue weighted by molar-refractivity contribution is 0.0463. The summed E-state index contributed by atoms with van der Waals surface area (Å²) >= 11 is 1.53. The summed E-state index contributed by atoms with van der Waals surface area (Å²) in [6, 6.07) is 5.79. The summed E-state index contributed by atoms with van der Waals surface area (Å²) in [6.07, 6.45) is 5.42. The predicted molar refractivity (Wildman–Crippen MR) is 87.3 cm³/mol. The molecule has 0 radical (unpaired) electrons. The monoisotopic (exact) mass is 319 g/mol. The Morgan fingerprint density at radius 3 is 3.05 bits per heavy atom. The Hall–Kier alpha value is -1.53. The molecule has 1 aliphatic heterocycles. The molecular formula is C16H21N3O2S. The number of nitrogens with zero attached hydrogens (tertiary/aromatic N) is 3. The minimum atomic E-state index is -0.379. The van der Waals surface area contributed by atoms with Gasteiger partial charge in [0, 0.05) is 25.2 Å². The fourth-order valence-corrected chi connectivity index (χ4v) is 3.59. The van der Waals surface area contributed by atoms with Crippen molar-refractivity contribution in [1.82, 2.24) is 14.3 Å². The summed E-state index contributed by atoms with van der Waals surface area (Å²) in [5, 5.41) is 10.6. The van der Waals surface area contributed by atoms with Crippen LogP contribution in [0.2, 0.25) is 0 Å². The minimum Gasteiger partial charge on any atom is -0.393 e. The highest BCUT2D eigenvalue weighted by atomic mass is 32.2. The number of carbonyl (C=O) groups is 1. The van der Waals surface area contributed by atoms with Gasteiger partial charge in [-0.25, -0.2) is 4.98 Å². The van der Waals surface area contributed by atoms with E-state index < -0.39 is 0 Å². The summed E-state index contributed by atoms with van der Waals surface area (Å²) in [4.78, 5) is 19.2. The Labute approximate surface area is 134 Å². The third-order valence-electron chi connectivity index (χ3n) is 4.33. The molecule has 1 fully saturated rings. The molecule has 0 spiro atoms. The SMILES string of the molecule is CSc1nc(C(=O)N2CCCC(C(C)O)C2)c2ccccn12. The van der Waals surface area contributed by atoms with E-state index in [2.05, 4.69) is 4.98 Å². The molecule has 2 atom stereocenters. The minimum absolute atomic E-state index is 0.0330. The molecule has 0 aromatic carbocycles. The second-order valence-corrected chi connectivity index (χ2v) is 6.57. The average molecular weight is 319 g/mol. The fourth-order valence-electron chi connectivity index (χ4n) is 3.05. The van der Waals surface area contributed by atoms with E-state index in [1.807, 2.05) is 40.0 Å². The molecule has 0 saturated carbocycles. The van der Waals surface area contributed by atoms with Gasteiger partial charge in [-0.2, -0.15) is 0 Å². The Kier molecular flexibility index (Phi) is 4.40. The molecule has 2 aromatic heterocycles. The van der Waals surface area contributed by atoms with Crippen LogP contribution < -0.4 is 0 Å². The fraction of sp³-hybridized carbons (Fsp3) is 0.500. The van der Waals surface area contributed by atoms with Gasteiger partial charge in [-0.1, -0.05) is 17.8 Å². The molecule has 1 saturated heterocycles. The van der Waals surface area contributed by atoms with Crippen LogP contribution >= 0.6 is 11.8 Å². The second-order valence-electron chi connectivity index (χ2n) is 5.80. The number of aliphatic hydroxyl groups excluding tert-OH is 1. The maximum absolute atomic E-state index is 12.9. The summed E-state index contributed by atoms with van der Waals surface area (Å²) in [6.45, 7) is 3.15. The molecule has 118 valence electrons. The zero-order valence-electron chi connectivity index (χ0n) is 12.9. The van der Waals surface area contributed by atoms with E-state index in [4.69, 9.17) is 0 Å². The molecule has 2 aromatic rings. The van der Waals surface area contributed by atoms with E-state index in [9.17, 15) is 9.90 Å². The first-order chi connectivity index (χ1) is 10.6. The highest BCUT2D eigenvalue weighted by molar-refractivity contribution is 7.98. The Morgan fingerprint density at radius 2 is 2.32 bits per heavy atom. The molecule has 1 aliphatic rings. The molecular weight excluding hydrogens is 298 g/mol. The number of aromatic nitrogens is 2. The van der Waals surface area contributed by atoms with Gasteiger partial charge in [-0.3, -0.25) is 9.20 Å². The van der Waals surface area contributed by atoms with Crippen molar-refractivity contribution in [2.24, 2.45) is 5.92 Å². The topological polar surface area (TPSA) is 57.8 Å². The number of thioether (sulfide) groups is 1.